The predicted molar refractivity (Wildman–Crippen MR) is 206 cm³/mol. The van der Waals surface area contributed by atoms with Gasteiger partial charge in [-0.3, -0.25) is 0 Å². The van der Waals surface area contributed by atoms with Gasteiger partial charge in [0.1, 0.15) is 22.3 Å². The second-order valence-electron chi connectivity index (χ2n) is 13.6. The van der Waals surface area contributed by atoms with Gasteiger partial charge in [-0.1, -0.05) is 146 Å². The third-order valence-electron chi connectivity index (χ3n) is 10.7. The topological polar surface area (TPSA) is 52.1 Å². The molecule has 4 nitrogen and oxygen atoms in total. The van der Waals surface area contributed by atoms with Crippen molar-refractivity contribution in [3.05, 3.63) is 170 Å². The molecule has 0 radical (unpaired) electrons. The van der Waals surface area contributed by atoms with E-state index in [0.29, 0.717) is 17.8 Å². The third-order valence-corrected chi connectivity index (χ3v) is 10.7. The first-order valence-electron chi connectivity index (χ1n) is 17.5. The van der Waals surface area contributed by atoms with Gasteiger partial charge < -0.3 is 8.83 Å². The number of fused-ring (bicyclic) bond motifs is 7. The zero-order valence-corrected chi connectivity index (χ0v) is 27.5. The van der Waals surface area contributed by atoms with Crippen LogP contribution in [0.15, 0.2) is 173 Å². The summed E-state index contributed by atoms with van der Waals surface area (Å²) in [5.74, 6) is 1.97. The normalized spacial score (nSPS) is 17.8. The van der Waals surface area contributed by atoms with Crippen molar-refractivity contribution >= 4 is 43.9 Å². The molecule has 3 atom stereocenters. The lowest BCUT2D eigenvalue weighted by Gasteiger charge is -2.17. The van der Waals surface area contributed by atoms with Gasteiger partial charge in [-0.15, -0.1) is 0 Å². The maximum atomic E-state index is 6.71. The van der Waals surface area contributed by atoms with Crippen LogP contribution in [0.1, 0.15) is 11.6 Å². The summed E-state index contributed by atoms with van der Waals surface area (Å²) in [5, 5.41) is 4.38. The number of hydrogen-bond donors (Lipinski definition) is 0. The summed E-state index contributed by atoms with van der Waals surface area (Å²) >= 11 is 0. The van der Waals surface area contributed by atoms with Crippen LogP contribution >= 0.6 is 0 Å². The first kappa shape index (κ1) is 28.3. The third kappa shape index (κ3) is 4.39. The Hall–Kier alpha value is -6.52. The fourth-order valence-electron chi connectivity index (χ4n) is 8.31. The lowest BCUT2D eigenvalue weighted by Crippen LogP contribution is -2.00. The highest BCUT2D eigenvalue weighted by Crippen LogP contribution is 2.57. The van der Waals surface area contributed by atoms with Gasteiger partial charge >= 0.3 is 0 Å². The van der Waals surface area contributed by atoms with E-state index in [4.69, 9.17) is 18.8 Å². The van der Waals surface area contributed by atoms with E-state index in [1.165, 1.54) is 0 Å². The van der Waals surface area contributed by atoms with Crippen molar-refractivity contribution in [1.82, 2.24) is 9.97 Å². The largest absolute Gasteiger partial charge is 0.455 e. The minimum absolute atomic E-state index is 0.318. The van der Waals surface area contributed by atoms with Crippen LogP contribution in [-0.4, -0.2) is 9.97 Å². The van der Waals surface area contributed by atoms with Crippen molar-refractivity contribution in [1.29, 1.82) is 0 Å². The van der Waals surface area contributed by atoms with Gasteiger partial charge in [-0.2, -0.15) is 0 Å². The van der Waals surface area contributed by atoms with Gasteiger partial charge in [0.2, 0.25) is 0 Å². The summed E-state index contributed by atoms with van der Waals surface area (Å²) in [7, 11) is 0. The molecule has 1 saturated carbocycles. The summed E-state index contributed by atoms with van der Waals surface area (Å²) in [6.07, 6.45) is 8.97. The molecule has 0 amide bonds. The van der Waals surface area contributed by atoms with E-state index in [-0.39, 0.29) is 0 Å². The Bertz CT molecular complexity index is 2880. The van der Waals surface area contributed by atoms with Crippen molar-refractivity contribution in [3.63, 3.8) is 0 Å². The Balaban J connectivity index is 1.22. The molecule has 2 aliphatic carbocycles. The van der Waals surface area contributed by atoms with Crippen molar-refractivity contribution in [3.8, 4) is 44.9 Å². The fourth-order valence-corrected chi connectivity index (χ4v) is 8.31. The van der Waals surface area contributed by atoms with Crippen molar-refractivity contribution in [2.24, 2.45) is 11.8 Å². The van der Waals surface area contributed by atoms with Gasteiger partial charge in [-0.25, -0.2) is 9.97 Å². The van der Waals surface area contributed by atoms with E-state index in [9.17, 15) is 0 Å². The summed E-state index contributed by atoms with van der Waals surface area (Å²) in [4.78, 5) is 10.6. The van der Waals surface area contributed by atoms with Crippen LogP contribution in [0, 0.1) is 11.8 Å². The monoisotopic (exact) mass is 654 g/mol. The first-order chi connectivity index (χ1) is 25.3. The Labute approximate surface area is 294 Å². The van der Waals surface area contributed by atoms with Crippen LogP contribution in [0.2, 0.25) is 0 Å². The molecule has 3 aromatic heterocycles. The molecule has 0 spiro atoms. The van der Waals surface area contributed by atoms with Crippen molar-refractivity contribution in [2.75, 3.05) is 0 Å². The fraction of sp³-hybridized carbons (Fsp3) is 0.0638. The minimum atomic E-state index is 0.318. The summed E-state index contributed by atoms with van der Waals surface area (Å²) < 4.78 is 13.4. The molecule has 2 unspecified atom stereocenters. The molecule has 0 aliphatic heterocycles. The van der Waals surface area contributed by atoms with E-state index in [1.54, 1.807) is 0 Å². The number of hydrogen-bond acceptors (Lipinski definition) is 4. The van der Waals surface area contributed by atoms with Gasteiger partial charge in [0.05, 0.1) is 5.69 Å². The van der Waals surface area contributed by atoms with E-state index in [1.807, 2.05) is 30.3 Å². The SMILES string of the molecule is C1=CC2C(c3cc(-c4cccc(-c5cccc6c5oc5ccccc56)c4-c4cccc5c4oc4ccccc45)nc(-c4ccccc4)n3)[C@H]2C=C1. The molecule has 11 rings (SSSR count). The Morgan fingerprint density at radius 3 is 1.71 bits per heavy atom. The molecule has 51 heavy (non-hydrogen) atoms. The average molecular weight is 655 g/mol. The molecule has 6 aromatic carbocycles. The van der Waals surface area contributed by atoms with Crippen molar-refractivity contribution in [2.45, 2.75) is 5.92 Å². The van der Waals surface area contributed by atoms with E-state index in [0.717, 1.165) is 94.5 Å². The number of allylic oxidation sites excluding steroid dienone is 4. The van der Waals surface area contributed by atoms with Crippen molar-refractivity contribution < 1.29 is 8.83 Å². The molecule has 240 valence electrons. The Morgan fingerprint density at radius 2 is 1.00 bits per heavy atom. The Kier molecular flexibility index (Phi) is 6.11. The minimum Gasteiger partial charge on any atom is -0.455 e. The highest BCUT2D eigenvalue weighted by atomic mass is 16.3. The highest BCUT2D eigenvalue weighted by molar-refractivity contribution is 6.15. The molecule has 3 heterocycles. The van der Waals surface area contributed by atoms with Gasteiger partial charge in [0.25, 0.3) is 0 Å². The van der Waals surface area contributed by atoms with Gasteiger partial charge in [-0.05, 0) is 35.6 Å². The maximum Gasteiger partial charge on any atom is 0.160 e. The maximum absolute atomic E-state index is 6.71. The van der Waals surface area contributed by atoms with Crippen LogP contribution in [-0.2, 0) is 0 Å². The van der Waals surface area contributed by atoms with Crippen LogP contribution in [0.3, 0.4) is 0 Å². The molecular formula is C47H30N2O2. The van der Waals surface area contributed by atoms with Gasteiger partial charge in [0.15, 0.2) is 5.82 Å². The molecule has 0 saturated heterocycles. The molecule has 2 aliphatic rings. The van der Waals surface area contributed by atoms with E-state index >= 15 is 0 Å². The standard InChI is InChI=1S/C47H30N2O2/c1-2-13-28(14-3-1)47-48-39(27-40(49-47)44-31-17-4-5-18-32(31)44)37-23-10-19-33(36-22-11-20-34-29-15-6-8-25-41(29)50-45(34)36)43(37)38-24-12-21-35-30-16-7-9-26-42(30)51-46(35)38/h1-27,31-32,44H/t31-,32?,44?/m0/s1. The van der Waals surface area contributed by atoms with Crippen LogP contribution in [0.4, 0.5) is 0 Å². The number of furan rings is 2. The summed E-state index contributed by atoms with van der Waals surface area (Å²) in [6, 6.07) is 48.5. The van der Waals surface area contributed by atoms with Crippen LogP contribution in [0.5, 0.6) is 0 Å². The molecule has 1 fully saturated rings. The Morgan fingerprint density at radius 1 is 0.451 bits per heavy atom. The van der Waals surface area contributed by atoms with Gasteiger partial charge in [0, 0.05) is 61.0 Å². The smallest absolute Gasteiger partial charge is 0.160 e. The molecule has 9 aromatic rings. The number of aromatic nitrogens is 2. The number of nitrogens with zero attached hydrogens (tertiary/aromatic N) is 2. The number of para-hydroxylation sites is 4. The van der Waals surface area contributed by atoms with E-state index in [2.05, 4.69) is 133 Å². The molecular weight excluding hydrogens is 625 g/mol. The highest BCUT2D eigenvalue weighted by Gasteiger charge is 2.49. The van der Waals surface area contributed by atoms with Crippen LogP contribution in [0.25, 0.3) is 88.8 Å². The molecule has 4 heteroatoms. The number of rotatable bonds is 5. The second kappa shape index (κ2) is 11.0. The summed E-state index contributed by atoms with van der Waals surface area (Å²) in [6.45, 7) is 0. The molecule has 0 N–H and O–H groups in total. The quantitative estimate of drug-likeness (QED) is 0.185. The molecule has 0 bridgehead atoms. The zero-order chi connectivity index (χ0) is 33.5. The number of benzene rings is 6. The first-order valence-corrected chi connectivity index (χ1v) is 17.5. The van der Waals surface area contributed by atoms with E-state index < -0.39 is 0 Å². The summed E-state index contributed by atoms with van der Waals surface area (Å²) in [5.41, 5.74) is 11.6. The lowest BCUT2D eigenvalue weighted by molar-refractivity contribution is 0.669. The van der Waals surface area contributed by atoms with Crippen LogP contribution < -0.4 is 0 Å². The lowest BCUT2D eigenvalue weighted by atomic mass is 9.87. The second-order valence-corrected chi connectivity index (χ2v) is 13.6. The zero-order valence-electron chi connectivity index (χ0n) is 27.5. The predicted octanol–water partition coefficient (Wildman–Crippen LogP) is 12.4. The average Bonchev–Trinajstić information content (AvgIpc) is 3.61.